The maximum absolute atomic E-state index is 14.2. The molecule has 0 amide bonds. The first-order chi connectivity index (χ1) is 8.57. The van der Waals surface area contributed by atoms with Crippen molar-refractivity contribution in [2.75, 3.05) is 6.61 Å². The normalized spacial score (nSPS) is 12.7. The Hall–Kier alpha value is -1.36. The Morgan fingerprint density at radius 3 is 2.83 bits per heavy atom. The molecule has 0 fully saturated rings. The number of hydrogen-bond acceptors (Lipinski definition) is 2. The molecule has 0 radical (unpaired) electrons. The number of alkyl halides is 1. The largest absolute Gasteiger partial charge is 0.462 e. The molecular weight excluding hydrogens is 301 g/mol. The Morgan fingerprint density at radius 2 is 2.17 bits per heavy atom. The van der Waals surface area contributed by atoms with E-state index < -0.39 is 12.3 Å². The maximum Gasteiger partial charge on any atom is 0.362 e. The zero-order valence-corrected chi connectivity index (χ0v) is 11.7. The number of halogens is 2. The molecule has 0 saturated heterocycles. The van der Waals surface area contributed by atoms with E-state index in [0.29, 0.717) is 11.2 Å². The highest BCUT2D eigenvalue weighted by Crippen LogP contribution is 2.33. The first-order valence-electron chi connectivity index (χ1n) is 5.63. The highest BCUT2D eigenvalue weighted by atomic mass is 79.9. The summed E-state index contributed by atoms with van der Waals surface area (Å²) in [7, 11) is 0. The Morgan fingerprint density at radius 1 is 1.50 bits per heavy atom. The number of carbonyl (C=O) groups excluding carboxylic acids is 1. The minimum atomic E-state index is -1.82. The van der Waals surface area contributed by atoms with Crippen LogP contribution < -0.4 is 0 Å². The van der Waals surface area contributed by atoms with Gasteiger partial charge in [-0.3, -0.25) is 0 Å². The molecule has 96 valence electrons. The molecule has 1 atom stereocenters. The fourth-order valence-electron chi connectivity index (χ4n) is 1.96. The average molecular weight is 314 g/mol. The summed E-state index contributed by atoms with van der Waals surface area (Å²) in [5.74, 6) is -0.867. The van der Waals surface area contributed by atoms with E-state index in [9.17, 15) is 9.18 Å². The van der Waals surface area contributed by atoms with Crippen molar-refractivity contribution in [2.45, 2.75) is 20.1 Å². The van der Waals surface area contributed by atoms with Crippen molar-refractivity contribution in [3.63, 3.8) is 0 Å². The number of aromatic nitrogens is 1. The molecule has 0 bridgehead atoms. The van der Waals surface area contributed by atoms with E-state index in [1.54, 1.807) is 19.9 Å². The van der Waals surface area contributed by atoms with Crippen LogP contribution in [0.15, 0.2) is 28.7 Å². The number of nitrogens with zero attached hydrogens (tertiary/aromatic N) is 1. The lowest BCUT2D eigenvalue weighted by molar-refractivity contribution is -0.152. The van der Waals surface area contributed by atoms with Crippen molar-refractivity contribution < 1.29 is 13.9 Å². The molecule has 3 nitrogen and oxygen atoms in total. The van der Waals surface area contributed by atoms with Crippen molar-refractivity contribution in [1.82, 2.24) is 4.57 Å². The number of fused-ring (bicyclic) bond motifs is 1. The summed E-state index contributed by atoms with van der Waals surface area (Å²) in [6.07, 6.45) is -1.82. The molecule has 0 N–H and O–H groups in total. The van der Waals surface area contributed by atoms with E-state index in [0.717, 1.165) is 9.86 Å². The van der Waals surface area contributed by atoms with Crippen molar-refractivity contribution in [1.29, 1.82) is 0 Å². The quantitative estimate of drug-likeness (QED) is 0.808. The van der Waals surface area contributed by atoms with Crippen molar-refractivity contribution in [3.05, 3.63) is 34.4 Å². The van der Waals surface area contributed by atoms with Gasteiger partial charge in [0.1, 0.15) is 0 Å². The third-order valence-electron chi connectivity index (χ3n) is 2.79. The zero-order valence-electron chi connectivity index (χ0n) is 10.1. The van der Waals surface area contributed by atoms with Crippen molar-refractivity contribution >= 4 is 32.8 Å². The minimum absolute atomic E-state index is 0.165. The fraction of sp³-hybridized carbons (Fsp3) is 0.308. The van der Waals surface area contributed by atoms with Gasteiger partial charge in [0, 0.05) is 15.6 Å². The van der Waals surface area contributed by atoms with Crippen molar-refractivity contribution in [2.24, 2.45) is 0 Å². The first kappa shape index (κ1) is 13.1. The van der Waals surface area contributed by atoms with Gasteiger partial charge in [0.15, 0.2) is 0 Å². The number of para-hydroxylation sites is 1. The van der Waals surface area contributed by atoms with Crippen molar-refractivity contribution in [3.8, 4) is 0 Å². The second-order valence-corrected chi connectivity index (χ2v) is 4.67. The van der Waals surface area contributed by atoms with Gasteiger partial charge < -0.3 is 9.30 Å². The van der Waals surface area contributed by atoms with Gasteiger partial charge in [-0.15, -0.1) is 0 Å². The van der Waals surface area contributed by atoms with Crippen LogP contribution in [0.3, 0.4) is 0 Å². The molecule has 0 spiro atoms. The molecule has 2 aromatic rings. The highest BCUT2D eigenvalue weighted by Gasteiger charge is 2.25. The van der Waals surface area contributed by atoms with Gasteiger partial charge in [0.2, 0.25) is 0 Å². The number of benzene rings is 1. The summed E-state index contributed by atoms with van der Waals surface area (Å²) >= 11 is 3.42. The van der Waals surface area contributed by atoms with Gasteiger partial charge in [-0.05, 0) is 35.8 Å². The molecule has 0 aliphatic rings. The maximum atomic E-state index is 14.2. The molecule has 2 rings (SSSR count). The van der Waals surface area contributed by atoms with Gasteiger partial charge in [0.05, 0.1) is 12.1 Å². The van der Waals surface area contributed by atoms with Gasteiger partial charge in [0.25, 0.3) is 6.30 Å². The lowest BCUT2D eigenvalue weighted by Gasteiger charge is -2.12. The molecule has 0 aliphatic heterocycles. The van der Waals surface area contributed by atoms with E-state index in [4.69, 9.17) is 4.74 Å². The molecule has 18 heavy (non-hydrogen) atoms. The van der Waals surface area contributed by atoms with E-state index in [-0.39, 0.29) is 6.61 Å². The average Bonchev–Trinajstić information content (AvgIpc) is 2.62. The summed E-state index contributed by atoms with van der Waals surface area (Å²) in [5.41, 5.74) is 1.33. The summed E-state index contributed by atoms with van der Waals surface area (Å²) in [5, 5.41) is 0.877. The van der Waals surface area contributed by atoms with E-state index in [1.165, 1.54) is 4.57 Å². The molecule has 5 heteroatoms. The summed E-state index contributed by atoms with van der Waals surface area (Å²) < 4.78 is 21.0. The van der Waals surface area contributed by atoms with Crippen LogP contribution >= 0.6 is 15.9 Å². The number of rotatable bonds is 3. The van der Waals surface area contributed by atoms with E-state index >= 15 is 0 Å². The van der Waals surface area contributed by atoms with Gasteiger partial charge >= 0.3 is 5.97 Å². The van der Waals surface area contributed by atoms with Crippen LogP contribution in [-0.4, -0.2) is 17.1 Å². The second kappa shape index (κ2) is 5.10. The Bertz CT molecular complexity index is 594. The summed E-state index contributed by atoms with van der Waals surface area (Å²) in [4.78, 5) is 11.5. The lowest BCUT2D eigenvalue weighted by atomic mass is 10.2. The van der Waals surface area contributed by atoms with E-state index in [2.05, 4.69) is 15.9 Å². The van der Waals surface area contributed by atoms with Crippen LogP contribution in [0.4, 0.5) is 4.39 Å². The number of ether oxygens (including phenoxy) is 1. The number of carbonyl (C=O) groups is 1. The van der Waals surface area contributed by atoms with Crippen LogP contribution in [-0.2, 0) is 9.53 Å². The fourth-order valence-corrected chi connectivity index (χ4v) is 2.49. The molecular formula is C13H13BrFNO2. The monoisotopic (exact) mass is 313 g/mol. The Kier molecular flexibility index (Phi) is 3.71. The number of hydrogen-bond donors (Lipinski definition) is 0. The molecule has 1 aromatic carbocycles. The van der Waals surface area contributed by atoms with Gasteiger partial charge in [-0.25, -0.2) is 9.18 Å². The van der Waals surface area contributed by atoms with E-state index in [1.807, 2.05) is 18.2 Å². The zero-order chi connectivity index (χ0) is 13.3. The van der Waals surface area contributed by atoms with Crippen LogP contribution in [0.1, 0.15) is 18.9 Å². The second-order valence-electron chi connectivity index (χ2n) is 3.87. The summed E-state index contributed by atoms with van der Waals surface area (Å²) in [6, 6.07) is 7.33. The topological polar surface area (TPSA) is 31.2 Å². The third-order valence-corrected chi connectivity index (χ3v) is 3.79. The molecule has 0 aliphatic carbocycles. The SMILES string of the molecule is CCOC(=O)C(F)n1c(C)c(Br)c2ccccc21. The van der Waals surface area contributed by atoms with Crippen LogP contribution in [0.2, 0.25) is 0 Å². The molecule has 0 saturated carbocycles. The predicted octanol–water partition coefficient (Wildman–Crippen LogP) is 3.74. The van der Waals surface area contributed by atoms with Crippen LogP contribution in [0.25, 0.3) is 10.9 Å². The molecule has 1 heterocycles. The lowest BCUT2D eigenvalue weighted by Crippen LogP contribution is -2.18. The standard InChI is InChI=1S/C13H13BrFNO2/c1-3-18-13(17)12(15)16-8(2)11(14)9-6-4-5-7-10(9)16/h4-7,12H,3H2,1-2H3. The summed E-state index contributed by atoms with van der Waals surface area (Å²) in [6.45, 7) is 3.58. The third kappa shape index (κ3) is 2.03. The Labute approximate surface area is 113 Å². The first-order valence-corrected chi connectivity index (χ1v) is 6.43. The smallest absolute Gasteiger partial charge is 0.362 e. The van der Waals surface area contributed by atoms with Crippen LogP contribution in [0, 0.1) is 6.92 Å². The number of esters is 1. The van der Waals surface area contributed by atoms with Gasteiger partial charge in [-0.1, -0.05) is 18.2 Å². The highest BCUT2D eigenvalue weighted by molar-refractivity contribution is 9.10. The Balaban J connectivity index is 2.57. The predicted molar refractivity (Wildman–Crippen MR) is 71.2 cm³/mol. The molecule has 1 unspecified atom stereocenters. The van der Waals surface area contributed by atoms with Crippen LogP contribution in [0.5, 0.6) is 0 Å². The molecule has 1 aromatic heterocycles. The minimum Gasteiger partial charge on any atom is -0.462 e. The van der Waals surface area contributed by atoms with Gasteiger partial charge in [-0.2, -0.15) is 0 Å².